The van der Waals surface area contributed by atoms with Gasteiger partial charge in [0.1, 0.15) is 5.78 Å². The largest absolute Gasteiger partial charge is 0.338 e. The Bertz CT molecular complexity index is 522. The Morgan fingerprint density at radius 2 is 2.00 bits per heavy atom. The average Bonchev–Trinajstić information content (AvgIpc) is 2.77. The third kappa shape index (κ3) is 3.19. The molecule has 2 aromatic rings. The third-order valence-corrected chi connectivity index (χ3v) is 2.22. The number of hydrogen-bond donors (Lipinski definition) is 0. The zero-order valence-corrected chi connectivity index (χ0v) is 10.3. The molecule has 0 unspecified atom stereocenters. The van der Waals surface area contributed by atoms with Crippen molar-refractivity contribution in [3.63, 3.8) is 0 Å². The van der Waals surface area contributed by atoms with Gasteiger partial charge in [0.15, 0.2) is 0 Å². The van der Waals surface area contributed by atoms with Crippen molar-refractivity contribution >= 4 is 5.78 Å². The van der Waals surface area contributed by atoms with Gasteiger partial charge >= 0.3 is 0 Å². The van der Waals surface area contributed by atoms with Crippen LogP contribution in [0.3, 0.4) is 0 Å². The average molecular weight is 246 g/mol. The molecular formula is C12H14N4O2. The molecule has 0 spiro atoms. The van der Waals surface area contributed by atoms with Crippen LogP contribution in [0.15, 0.2) is 23.0 Å². The zero-order chi connectivity index (χ0) is 13.0. The maximum Gasteiger partial charge on any atom is 0.240 e. The van der Waals surface area contributed by atoms with Crippen molar-refractivity contribution in [2.75, 3.05) is 0 Å². The lowest BCUT2D eigenvalue weighted by Gasteiger charge is -2.00. The van der Waals surface area contributed by atoms with Crippen LogP contribution in [0.4, 0.5) is 0 Å². The molecule has 2 heterocycles. The summed E-state index contributed by atoms with van der Waals surface area (Å²) in [5.41, 5.74) is 0. The van der Waals surface area contributed by atoms with Gasteiger partial charge in [-0.2, -0.15) is 4.98 Å². The summed E-state index contributed by atoms with van der Waals surface area (Å²) in [7, 11) is 0. The van der Waals surface area contributed by atoms with Gasteiger partial charge in [-0.3, -0.25) is 4.79 Å². The molecule has 0 aliphatic rings. The summed E-state index contributed by atoms with van der Waals surface area (Å²) in [6.07, 6.45) is 3.88. The van der Waals surface area contributed by atoms with E-state index in [1.165, 1.54) is 0 Å². The Labute approximate surface area is 104 Å². The first kappa shape index (κ1) is 12.3. The van der Waals surface area contributed by atoms with E-state index in [0.29, 0.717) is 29.9 Å². The molecule has 18 heavy (non-hydrogen) atoms. The summed E-state index contributed by atoms with van der Waals surface area (Å²) in [6.45, 7) is 3.99. The van der Waals surface area contributed by atoms with Crippen molar-refractivity contribution in [1.29, 1.82) is 0 Å². The van der Waals surface area contributed by atoms with E-state index in [-0.39, 0.29) is 12.2 Å². The highest BCUT2D eigenvalue weighted by Gasteiger charge is 2.14. The second kappa shape index (κ2) is 5.48. The van der Waals surface area contributed by atoms with Crippen molar-refractivity contribution in [3.8, 4) is 11.6 Å². The van der Waals surface area contributed by atoms with E-state index in [1.54, 1.807) is 18.5 Å². The van der Waals surface area contributed by atoms with Gasteiger partial charge in [-0.15, -0.1) is 0 Å². The Morgan fingerprint density at radius 3 is 2.67 bits per heavy atom. The lowest BCUT2D eigenvalue weighted by Crippen LogP contribution is -2.06. The van der Waals surface area contributed by atoms with Crippen LogP contribution in [0.1, 0.15) is 26.2 Å². The van der Waals surface area contributed by atoms with E-state index < -0.39 is 0 Å². The van der Waals surface area contributed by atoms with Gasteiger partial charge in [-0.25, -0.2) is 9.97 Å². The molecule has 0 saturated heterocycles. The fraction of sp³-hybridized carbons (Fsp3) is 0.417. The topological polar surface area (TPSA) is 81.8 Å². The quantitative estimate of drug-likeness (QED) is 0.798. The van der Waals surface area contributed by atoms with E-state index in [0.717, 1.165) is 0 Å². The van der Waals surface area contributed by atoms with Crippen LogP contribution in [0.2, 0.25) is 0 Å². The van der Waals surface area contributed by atoms with Crippen molar-refractivity contribution < 1.29 is 9.32 Å². The van der Waals surface area contributed by atoms with Gasteiger partial charge in [0.25, 0.3) is 0 Å². The van der Waals surface area contributed by atoms with Crippen LogP contribution < -0.4 is 0 Å². The maximum absolute atomic E-state index is 11.6. The van der Waals surface area contributed by atoms with Crippen LogP contribution >= 0.6 is 0 Å². The summed E-state index contributed by atoms with van der Waals surface area (Å²) >= 11 is 0. The minimum absolute atomic E-state index is 0.0918. The summed E-state index contributed by atoms with van der Waals surface area (Å²) in [5, 5.41) is 3.76. The van der Waals surface area contributed by atoms with Crippen molar-refractivity contribution in [2.45, 2.75) is 26.7 Å². The molecule has 0 saturated carbocycles. The van der Waals surface area contributed by atoms with Crippen LogP contribution in [0.5, 0.6) is 0 Å². The fourth-order valence-electron chi connectivity index (χ4n) is 1.53. The third-order valence-electron chi connectivity index (χ3n) is 2.22. The van der Waals surface area contributed by atoms with Crippen LogP contribution in [-0.2, 0) is 11.2 Å². The summed E-state index contributed by atoms with van der Waals surface area (Å²) in [4.78, 5) is 23.7. The molecule has 0 radical (unpaired) electrons. The summed E-state index contributed by atoms with van der Waals surface area (Å²) in [5.74, 6) is 1.43. The van der Waals surface area contributed by atoms with E-state index in [4.69, 9.17) is 4.52 Å². The highest BCUT2D eigenvalue weighted by Crippen LogP contribution is 2.11. The van der Waals surface area contributed by atoms with Crippen LogP contribution in [0.25, 0.3) is 11.6 Å². The lowest BCUT2D eigenvalue weighted by atomic mass is 10.1. The molecule has 0 N–H and O–H groups in total. The van der Waals surface area contributed by atoms with Gasteiger partial charge in [-0.05, 0) is 12.0 Å². The molecule has 6 nitrogen and oxygen atoms in total. The number of ketones is 1. The highest BCUT2D eigenvalue weighted by molar-refractivity contribution is 5.80. The molecule has 0 aliphatic heterocycles. The van der Waals surface area contributed by atoms with Crippen molar-refractivity contribution in [1.82, 2.24) is 20.1 Å². The van der Waals surface area contributed by atoms with E-state index in [2.05, 4.69) is 20.1 Å². The number of nitrogens with zero attached hydrogens (tertiary/aromatic N) is 4. The SMILES string of the molecule is CC(C)CC(=O)Cc1nc(-c2ncccn2)no1. The van der Waals surface area contributed by atoms with E-state index in [9.17, 15) is 4.79 Å². The van der Waals surface area contributed by atoms with Gasteiger partial charge in [0.05, 0.1) is 6.42 Å². The van der Waals surface area contributed by atoms with Crippen molar-refractivity contribution in [2.24, 2.45) is 5.92 Å². The zero-order valence-electron chi connectivity index (χ0n) is 10.3. The molecule has 0 fully saturated rings. The Kier molecular flexibility index (Phi) is 3.76. The Morgan fingerprint density at radius 1 is 1.28 bits per heavy atom. The minimum atomic E-state index is 0.0918. The summed E-state index contributed by atoms with van der Waals surface area (Å²) in [6, 6.07) is 1.71. The number of aromatic nitrogens is 4. The van der Waals surface area contributed by atoms with Crippen LogP contribution in [0, 0.1) is 5.92 Å². The molecule has 0 amide bonds. The fourth-order valence-corrected chi connectivity index (χ4v) is 1.53. The number of hydrogen-bond acceptors (Lipinski definition) is 6. The van der Waals surface area contributed by atoms with Crippen molar-refractivity contribution in [3.05, 3.63) is 24.4 Å². The highest BCUT2D eigenvalue weighted by atomic mass is 16.5. The predicted molar refractivity (Wildman–Crippen MR) is 63.5 cm³/mol. The number of Topliss-reactive ketones (excluding diaryl/α,β-unsaturated/α-hetero) is 1. The van der Waals surface area contributed by atoms with Gasteiger partial charge in [0, 0.05) is 18.8 Å². The van der Waals surface area contributed by atoms with E-state index in [1.807, 2.05) is 13.8 Å². The second-order valence-electron chi connectivity index (χ2n) is 4.40. The molecule has 0 aromatic carbocycles. The van der Waals surface area contributed by atoms with E-state index >= 15 is 0 Å². The van der Waals surface area contributed by atoms with Crippen LogP contribution in [-0.4, -0.2) is 25.9 Å². The lowest BCUT2D eigenvalue weighted by molar-refractivity contribution is -0.119. The number of carbonyl (C=O) groups excluding carboxylic acids is 1. The molecule has 2 rings (SSSR count). The molecule has 0 aliphatic carbocycles. The second-order valence-corrected chi connectivity index (χ2v) is 4.40. The van der Waals surface area contributed by atoms with Gasteiger partial charge < -0.3 is 4.52 Å². The standard InChI is InChI=1S/C12H14N4O2/c1-8(2)6-9(17)7-10-15-12(16-18-10)11-13-4-3-5-14-11/h3-5,8H,6-7H2,1-2H3. The maximum atomic E-state index is 11.6. The first-order valence-corrected chi connectivity index (χ1v) is 5.77. The monoisotopic (exact) mass is 246 g/mol. The Hall–Kier alpha value is -2.11. The molecule has 6 heteroatoms. The number of rotatable bonds is 5. The minimum Gasteiger partial charge on any atom is -0.338 e. The molecule has 0 atom stereocenters. The smallest absolute Gasteiger partial charge is 0.240 e. The van der Waals surface area contributed by atoms with Gasteiger partial charge in [-0.1, -0.05) is 19.0 Å². The first-order valence-electron chi connectivity index (χ1n) is 5.77. The molecule has 2 aromatic heterocycles. The van der Waals surface area contributed by atoms with Gasteiger partial charge in [0.2, 0.25) is 17.5 Å². The molecule has 94 valence electrons. The molecule has 0 bridgehead atoms. The molecular weight excluding hydrogens is 232 g/mol. The predicted octanol–water partition coefficient (Wildman–Crippen LogP) is 1.68. The summed E-state index contributed by atoms with van der Waals surface area (Å²) < 4.78 is 5.01. The number of carbonyl (C=O) groups is 1. The Balaban J connectivity index is 2.05. The normalized spacial score (nSPS) is 10.8. The first-order chi connectivity index (χ1) is 8.65.